The summed E-state index contributed by atoms with van der Waals surface area (Å²) >= 11 is 6.18. The number of benzene rings is 2. The van der Waals surface area contributed by atoms with Crippen molar-refractivity contribution >= 4 is 17.4 Å². The lowest BCUT2D eigenvalue weighted by molar-refractivity contribution is 0.0991. The van der Waals surface area contributed by atoms with E-state index in [9.17, 15) is 9.18 Å². The van der Waals surface area contributed by atoms with Gasteiger partial charge in [0.25, 0.3) is 0 Å². The minimum Gasteiger partial charge on any atom is -0.294 e. The Morgan fingerprint density at radius 2 is 1.83 bits per heavy atom. The fourth-order valence-corrected chi connectivity index (χ4v) is 2.82. The predicted molar refractivity (Wildman–Crippen MR) is 68.6 cm³/mol. The Bertz CT molecular complexity index is 619. The maximum atomic E-state index is 12.9. The number of halogens is 2. The molecular formula is C15H10ClFO. The van der Waals surface area contributed by atoms with Gasteiger partial charge < -0.3 is 0 Å². The van der Waals surface area contributed by atoms with E-state index in [-0.39, 0.29) is 17.5 Å². The lowest BCUT2D eigenvalue weighted by Crippen LogP contribution is -1.97. The molecule has 0 saturated heterocycles. The standard InChI is InChI=1S/C15H10ClFO/c16-13-3-1-2-11-14(18)8-12(15(11)13)9-4-6-10(17)7-5-9/h1-7,12H,8H2/t12-/m1/s1. The molecule has 3 rings (SSSR count). The third-order valence-corrected chi connectivity index (χ3v) is 3.69. The molecule has 0 saturated carbocycles. The summed E-state index contributed by atoms with van der Waals surface area (Å²) in [6.07, 6.45) is 0.407. The number of fused-ring (bicyclic) bond motifs is 1. The zero-order chi connectivity index (χ0) is 12.7. The molecule has 1 aliphatic carbocycles. The van der Waals surface area contributed by atoms with Gasteiger partial charge in [-0.1, -0.05) is 35.9 Å². The van der Waals surface area contributed by atoms with Crippen molar-refractivity contribution in [3.63, 3.8) is 0 Å². The van der Waals surface area contributed by atoms with Gasteiger partial charge in [0.1, 0.15) is 5.82 Å². The van der Waals surface area contributed by atoms with Crippen LogP contribution in [0.3, 0.4) is 0 Å². The lowest BCUT2D eigenvalue weighted by atomic mass is 9.93. The molecule has 0 aromatic heterocycles. The molecule has 0 fully saturated rings. The topological polar surface area (TPSA) is 17.1 Å². The van der Waals surface area contributed by atoms with Crippen molar-refractivity contribution in [2.75, 3.05) is 0 Å². The van der Waals surface area contributed by atoms with E-state index in [1.54, 1.807) is 30.3 Å². The van der Waals surface area contributed by atoms with E-state index in [4.69, 9.17) is 11.6 Å². The second kappa shape index (κ2) is 4.21. The van der Waals surface area contributed by atoms with Gasteiger partial charge in [0.2, 0.25) is 0 Å². The molecule has 0 spiro atoms. The largest absolute Gasteiger partial charge is 0.294 e. The minimum absolute atomic E-state index is 0.0539. The number of hydrogen-bond acceptors (Lipinski definition) is 1. The fraction of sp³-hybridized carbons (Fsp3) is 0.133. The number of ketones is 1. The molecular weight excluding hydrogens is 251 g/mol. The van der Waals surface area contributed by atoms with E-state index in [0.29, 0.717) is 17.0 Å². The molecule has 0 amide bonds. The summed E-state index contributed by atoms with van der Waals surface area (Å²) in [5.41, 5.74) is 2.49. The molecule has 0 heterocycles. The van der Waals surface area contributed by atoms with Crippen LogP contribution < -0.4 is 0 Å². The van der Waals surface area contributed by atoms with Crippen LogP contribution in [-0.4, -0.2) is 5.78 Å². The Balaban J connectivity index is 2.12. The molecule has 0 radical (unpaired) electrons. The van der Waals surface area contributed by atoms with Gasteiger partial charge in [-0.3, -0.25) is 4.79 Å². The first-order valence-electron chi connectivity index (χ1n) is 5.74. The summed E-state index contributed by atoms with van der Waals surface area (Å²) in [6, 6.07) is 11.6. The summed E-state index contributed by atoms with van der Waals surface area (Å²) in [4.78, 5) is 11.9. The van der Waals surface area contributed by atoms with Crippen LogP contribution in [-0.2, 0) is 0 Å². The van der Waals surface area contributed by atoms with E-state index in [2.05, 4.69) is 0 Å². The lowest BCUT2D eigenvalue weighted by Gasteiger charge is -2.12. The molecule has 3 heteroatoms. The van der Waals surface area contributed by atoms with Gasteiger partial charge in [0.05, 0.1) is 0 Å². The zero-order valence-electron chi connectivity index (χ0n) is 9.49. The Morgan fingerprint density at radius 1 is 1.11 bits per heavy atom. The van der Waals surface area contributed by atoms with Gasteiger partial charge in [-0.05, 0) is 29.3 Å². The number of carbonyl (C=O) groups excluding carboxylic acids is 1. The van der Waals surface area contributed by atoms with Crippen molar-refractivity contribution in [2.45, 2.75) is 12.3 Å². The normalized spacial score (nSPS) is 17.9. The molecule has 2 aromatic rings. The van der Waals surface area contributed by atoms with Crippen LogP contribution in [0.5, 0.6) is 0 Å². The van der Waals surface area contributed by atoms with Crippen LogP contribution in [0.25, 0.3) is 0 Å². The molecule has 0 bridgehead atoms. The summed E-state index contributed by atoms with van der Waals surface area (Å²) < 4.78 is 12.9. The minimum atomic E-state index is -0.276. The third kappa shape index (κ3) is 1.73. The number of rotatable bonds is 1. The molecule has 0 unspecified atom stereocenters. The van der Waals surface area contributed by atoms with Gasteiger partial charge in [-0.25, -0.2) is 4.39 Å². The van der Waals surface area contributed by atoms with Gasteiger partial charge in [0, 0.05) is 22.9 Å². The second-order valence-electron chi connectivity index (χ2n) is 4.43. The molecule has 1 atom stereocenters. The Morgan fingerprint density at radius 3 is 2.56 bits per heavy atom. The quantitative estimate of drug-likeness (QED) is 0.751. The van der Waals surface area contributed by atoms with E-state index >= 15 is 0 Å². The smallest absolute Gasteiger partial charge is 0.164 e. The first kappa shape index (κ1) is 11.4. The number of Topliss-reactive ketones (excluding diaryl/α,β-unsaturated/α-hetero) is 1. The molecule has 0 N–H and O–H groups in total. The summed E-state index contributed by atoms with van der Waals surface area (Å²) in [6.45, 7) is 0. The molecule has 1 aliphatic rings. The van der Waals surface area contributed by atoms with Gasteiger partial charge in [-0.2, -0.15) is 0 Å². The highest BCUT2D eigenvalue weighted by Gasteiger charge is 2.32. The first-order valence-corrected chi connectivity index (χ1v) is 6.11. The van der Waals surface area contributed by atoms with Gasteiger partial charge in [0.15, 0.2) is 5.78 Å². The average molecular weight is 261 g/mol. The van der Waals surface area contributed by atoms with Gasteiger partial charge in [-0.15, -0.1) is 0 Å². The Labute approximate surface area is 109 Å². The van der Waals surface area contributed by atoms with E-state index in [1.165, 1.54) is 12.1 Å². The fourth-order valence-electron chi connectivity index (χ4n) is 2.51. The van der Waals surface area contributed by atoms with E-state index in [0.717, 1.165) is 11.1 Å². The zero-order valence-corrected chi connectivity index (χ0v) is 10.2. The van der Waals surface area contributed by atoms with Crippen LogP contribution in [0.2, 0.25) is 5.02 Å². The van der Waals surface area contributed by atoms with Crippen molar-refractivity contribution in [3.05, 3.63) is 70.0 Å². The van der Waals surface area contributed by atoms with Crippen molar-refractivity contribution in [1.29, 1.82) is 0 Å². The van der Waals surface area contributed by atoms with Crippen LogP contribution in [0.1, 0.15) is 33.8 Å². The Hall–Kier alpha value is -1.67. The second-order valence-corrected chi connectivity index (χ2v) is 4.84. The summed E-state index contributed by atoms with van der Waals surface area (Å²) in [7, 11) is 0. The molecule has 1 nitrogen and oxygen atoms in total. The molecule has 90 valence electrons. The highest BCUT2D eigenvalue weighted by atomic mass is 35.5. The predicted octanol–water partition coefficient (Wildman–Crippen LogP) is 4.20. The van der Waals surface area contributed by atoms with Crippen LogP contribution >= 0.6 is 11.6 Å². The highest BCUT2D eigenvalue weighted by Crippen LogP contribution is 2.41. The van der Waals surface area contributed by atoms with E-state index in [1.807, 2.05) is 0 Å². The Kier molecular flexibility index (Phi) is 2.67. The number of carbonyl (C=O) groups is 1. The van der Waals surface area contributed by atoms with Crippen LogP contribution in [0, 0.1) is 5.82 Å². The molecule has 2 aromatic carbocycles. The molecule has 0 aliphatic heterocycles. The summed E-state index contributed by atoms with van der Waals surface area (Å²) in [5.74, 6) is -0.230. The van der Waals surface area contributed by atoms with Crippen LogP contribution in [0.15, 0.2) is 42.5 Å². The number of hydrogen-bond donors (Lipinski definition) is 0. The van der Waals surface area contributed by atoms with Crippen molar-refractivity contribution in [2.24, 2.45) is 0 Å². The first-order chi connectivity index (χ1) is 8.66. The monoisotopic (exact) mass is 260 g/mol. The van der Waals surface area contributed by atoms with Crippen molar-refractivity contribution < 1.29 is 9.18 Å². The van der Waals surface area contributed by atoms with Crippen LogP contribution in [0.4, 0.5) is 4.39 Å². The summed E-state index contributed by atoms with van der Waals surface area (Å²) in [5, 5.41) is 0.604. The maximum Gasteiger partial charge on any atom is 0.164 e. The average Bonchev–Trinajstić information content (AvgIpc) is 2.70. The van der Waals surface area contributed by atoms with Gasteiger partial charge >= 0.3 is 0 Å². The SMILES string of the molecule is O=C1C[C@H](c2ccc(F)cc2)c2c(Cl)cccc21. The highest BCUT2D eigenvalue weighted by molar-refractivity contribution is 6.32. The van der Waals surface area contributed by atoms with Crippen molar-refractivity contribution in [3.8, 4) is 0 Å². The van der Waals surface area contributed by atoms with Crippen molar-refractivity contribution in [1.82, 2.24) is 0 Å². The molecule has 18 heavy (non-hydrogen) atoms. The third-order valence-electron chi connectivity index (χ3n) is 3.36. The maximum absolute atomic E-state index is 12.9. The van der Waals surface area contributed by atoms with E-state index < -0.39 is 0 Å².